The fraction of sp³-hybridized carbons (Fsp3) is 0.737. The summed E-state index contributed by atoms with van der Waals surface area (Å²) in [6.07, 6.45) is 5.88. The van der Waals surface area contributed by atoms with Gasteiger partial charge in [0.05, 0.1) is 0 Å². The Labute approximate surface area is 156 Å². The fourth-order valence-electron chi connectivity index (χ4n) is 3.55. The number of ether oxygens (including phenoxy) is 1. The van der Waals surface area contributed by atoms with Gasteiger partial charge in [-0.25, -0.2) is 9.78 Å². The van der Waals surface area contributed by atoms with E-state index in [0.29, 0.717) is 0 Å². The number of piperidine rings is 1. The first-order valence-corrected chi connectivity index (χ1v) is 9.62. The molecule has 7 heteroatoms. The first kappa shape index (κ1) is 18.7. The van der Waals surface area contributed by atoms with Crippen LogP contribution < -0.4 is 9.80 Å². The smallest absolute Gasteiger partial charge is 0.410 e. The molecule has 7 nitrogen and oxygen atoms in total. The van der Waals surface area contributed by atoms with Crippen molar-refractivity contribution in [2.75, 3.05) is 43.0 Å². The summed E-state index contributed by atoms with van der Waals surface area (Å²) in [4.78, 5) is 27.8. The van der Waals surface area contributed by atoms with E-state index >= 15 is 0 Å². The molecule has 2 saturated heterocycles. The number of carbonyl (C=O) groups is 1. The van der Waals surface area contributed by atoms with Crippen LogP contribution in [-0.4, -0.2) is 65.8 Å². The molecule has 0 radical (unpaired) electrons. The molecule has 0 bridgehead atoms. The molecule has 2 fully saturated rings. The monoisotopic (exact) mass is 361 g/mol. The summed E-state index contributed by atoms with van der Waals surface area (Å²) in [5, 5.41) is 0. The second-order valence-corrected chi connectivity index (χ2v) is 8.22. The minimum atomic E-state index is -0.459. The molecule has 3 rings (SSSR count). The van der Waals surface area contributed by atoms with Gasteiger partial charge in [0.25, 0.3) is 0 Å². The van der Waals surface area contributed by atoms with E-state index in [9.17, 15) is 4.79 Å². The Morgan fingerprint density at radius 1 is 1.15 bits per heavy atom. The third-order valence-corrected chi connectivity index (χ3v) is 5.03. The Morgan fingerprint density at radius 3 is 2.42 bits per heavy atom. The number of nitrogens with zero attached hydrogens (tertiary/aromatic N) is 5. The van der Waals surface area contributed by atoms with Crippen molar-refractivity contribution in [3.63, 3.8) is 0 Å². The molecule has 0 aliphatic carbocycles. The molecule has 2 aliphatic rings. The Morgan fingerprint density at radius 2 is 1.81 bits per heavy atom. The lowest BCUT2D eigenvalue weighted by atomic mass is 10.0. The summed E-state index contributed by atoms with van der Waals surface area (Å²) in [5.41, 5.74) is -0.459. The van der Waals surface area contributed by atoms with Crippen molar-refractivity contribution in [2.45, 2.75) is 58.1 Å². The van der Waals surface area contributed by atoms with Crippen molar-refractivity contribution in [2.24, 2.45) is 0 Å². The number of amides is 1. The van der Waals surface area contributed by atoms with Gasteiger partial charge < -0.3 is 19.4 Å². The molecule has 0 N–H and O–H groups in total. The standard InChI is InChI=1S/C19H31N5O2/c1-19(2,3)26-18(25)22(4)15-8-13-23(14-9-15)16-7-10-20-17(21-16)24-11-5-6-12-24/h7,10,15H,5-6,8-9,11-14H2,1-4H3. The van der Waals surface area contributed by atoms with Crippen molar-refractivity contribution >= 4 is 17.9 Å². The maximum Gasteiger partial charge on any atom is 0.410 e. The normalized spacial score (nSPS) is 18.9. The van der Waals surface area contributed by atoms with Crippen molar-refractivity contribution in [3.8, 4) is 0 Å². The van der Waals surface area contributed by atoms with Crippen LogP contribution in [0.2, 0.25) is 0 Å². The van der Waals surface area contributed by atoms with E-state index in [2.05, 4.69) is 14.8 Å². The summed E-state index contributed by atoms with van der Waals surface area (Å²) in [6.45, 7) is 9.55. The van der Waals surface area contributed by atoms with Crippen LogP contribution in [0.4, 0.5) is 16.6 Å². The van der Waals surface area contributed by atoms with Gasteiger partial charge >= 0.3 is 6.09 Å². The zero-order valence-corrected chi connectivity index (χ0v) is 16.4. The quantitative estimate of drug-likeness (QED) is 0.825. The molecule has 0 atom stereocenters. The second kappa shape index (κ2) is 7.68. The fourth-order valence-corrected chi connectivity index (χ4v) is 3.55. The van der Waals surface area contributed by atoms with E-state index in [1.807, 2.05) is 40.1 Å². The van der Waals surface area contributed by atoms with E-state index < -0.39 is 5.60 Å². The highest BCUT2D eigenvalue weighted by atomic mass is 16.6. The van der Waals surface area contributed by atoms with Crippen molar-refractivity contribution < 1.29 is 9.53 Å². The lowest BCUT2D eigenvalue weighted by Gasteiger charge is -2.37. The van der Waals surface area contributed by atoms with Crippen molar-refractivity contribution in [3.05, 3.63) is 12.3 Å². The summed E-state index contributed by atoms with van der Waals surface area (Å²) in [6, 6.07) is 2.19. The van der Waals surface area contributed by atoms with Gasteiger partial charge in [0, 0.05) is 45.5 Å². The number of rotatable bonds is 3. The first-order valence-electron chi connectivity index (χ1n) is 9.62. The highest BCUT2D eigenvalue weighted by Gasteiger charge is 2.29. The van der Waals surface area contributed by atoms with Crippen LogP contribution in [-0.2, 0) is 4.74 Å². The van der Waals surface area contributed by atoms with Crippen LogP contribution in [0.5, 0.6) is 0 Å². The number of carbonyl (C=O) groups excluding carboxylic acids is 1. The predicted octanol–water partition coefficient (Wildman–Crippen LogP) is 2.91. The van der Waals surface area contributed by atoms with E-state index in [1.54, 1.807) is 4.90 Å². The van der Waals surface area contributed by atoms with Gasteiger partial charge in [-0.3, -0.25) is 0 Å². The van der Waals surface area contributed by atoms with Crippen molar-refractivity contribution in [1.29, 1.82) is 0 Å². The third kappa shape index (κ3) is 4.56. The molecule has 0 saturated carbocycles. The third-order valence-electron chi connectivity index (χ3n) is 5.03. The van der Waals surface area contributed by atoms with Gasteiger partial charge in [0.15, 0.2) is 0 Å². The highest BCUT2D eigenvalue weighted by molar-refractivity contribution is 5.68. The maximum atomic E-state index is 12.3. The highest BCUT2D eigenvalue weighted by Crippen LogP contribution is 2.24. The lowest BCUT2D eigenvalue weighted by molar-refractivity contribution is 0.0201. The Bertz CT molecular complexity index is 617. The van der Waals surface area contributed by atoms with Crippen LogP contribution in [0.25, 0.3) is 0 Å². The summed E-state index contributed by atoms with van der Waals surface area (Å²) >= 11 is 0. The minimum absolute atomic E-state index is 0.209. The van der Waals surface area contributed by atoms with E-state index in [1.165, 1.54) is 12.8 Å². The van der Waals surface area contributed by atoms with E-state index in [4.69, 9.17) is 9.72 Å². The summed E-state index contributed by atoms with van der Waals surface area (Å²) in [5.74, 6) is 1.83. The number of hydrogen-bond donors (Lipinski definition) is 0. The number of anilines is 2. The summed E-state index contributed by atoms with van der Waals surface area (Å²) < 4.78 is 5.48. The Kier molecular flexibility index (Phi) is 5.53. The van der Waals surface area contributed by atoms with Crippen LogP contribution in [0.1, 0.15) is 46.5 Å². The molecule has 26 heavy (non-hydrogen) atoms. The SMILES string of the molecule is CN(C(=O)OC(C)(C)C)C1CCN(c2ccnc(N3CCCC3)n2)CC1. The van der Waals surface area contributed by atoms with Gasteiger partial charge in [-0.05, 0) is 52.5 Å². The predicted molar refractivity (Wildman–Crippen MR) is 103 cm³/mol. The second-order valence-electron chi connectivity index (χ2n) is 8.22. The average Bonchev–Trinajstić information content (AvgIpc) is 3.14. The molecule has 3 heterocycles. The van der Waals surface area contributed by atoms with Crippen LogP contribution >= 0.6 is 0 Å². The lowest BCUT2D eigenvalue weighted by Crippen LogP contribution is -2.47. The first-order chi connectivity index (χ1) is 12.3. The van der Waals surface area contributed by atoms with Crippen LogP contribution in [0.3, 0.4) is 0 Å². The molecule has 0 spiro atoms. The van der Waals surface area contributed by atoms with Gasteiger partial charge in [-0.1, -0.05) is 0 Å². The van der Waals surface area contributed by atoms with E-state index in [-0.39, 0.29) is 12.1 Å². The molecular weight excluding hydrogens is 330 g/mol. The molecule has 144 valence electrons. The van der Waals surface area contributed by atoms with Gasteiger partial charge in [-0.15, -0.1) is 0 Å². The van der Waals surface area contributed by atoms with Gasteiger partial charge in [-0.2, -0.15) is 4.98 Å². The molecule has 1 aromatic rings. The minimum Gasteiger partial charge on any atom is -0.444 e. The molecule has 1 amide bonds. The van der Waals surface area contributed by atoms with Crippen molar-refractivity contribution in [1.82, 2.24) is 14.9 Å². The maximum absolute atomic E-state index is 12.3. The number of aromatic nitrogens is 2. The average molecular weight is 361 g/mol. The topological polar surface area (TPSA) is 61.8 Å². The van der Waals surface area contributed by atoms with E-state index in [0.717, 1.165) is 50.8 Å². The van der Waals surface area contributed by atoms with Crippen LogP contribution in [0, 0.1) is 0 Å². The molecule has 1 aromatic heterocycles. The zero-order chi connectivity index (χ0) is 18.7. The zero-order valence-electron chi connectivity index (χ0n) is 16.4. The van der Waals surface area contributed by atoms with Gasteiger partial charge in [0.1, 0.15) is 11.4 Å². The Balaban J connectivity index is 1.56. The Hall–Kier alpha value is -2.05. The van der Waals surface area contributed by atoms with Gasteiger partial charge in [0.2, 0.25) is 5.95 Å². The van der Waals surface area contributed by atoms with Crippen LogP contribution in [0.15, 0.2) is 12.3 Å². The molecule has 2 aliphatic heterocycles. The number of hydrogen-bond acceptors (Lipinski definition) is 6. The molecular formula is C19H31N5O2. The molecule has 0 unspecified atom stereocenters. The summed E-state index contributed by atoms with van der Waals surface area (Å²) in [7, 11) is 1.84. The largest absolute Gasteiger partial charge is 0.444 e. The molecule has 0 aromatic carbocycles.